The number of nitriles is 1. The van der Waals surface area contributed by atoms with Crippen molar-refractivity contribution in [2.75, 3.05) is 21.2 Å². The molecule has 4 heteroatoms. The van der Waals surface area contributed by atoms with Gasteiger partial charge in [-0.3, -0.25) is 0 Å². The molecular weight excluding hydrogens is 216 g/mol. The van der Waals surface area contributed by atoms with E-state index in [0.29, 0.717) is 0 Å². The second-order valence-corrected chi connectivity index (χ2v) is 4.19. The molecule has 1 unspecified atom stereocenters. The van der Waals surface area contributed by atoms with E-state index < -0.39 is 6.10 Å². The van der Waals surface area contributed by atoms with Gasteiger partial charge in [0.05, 0.1) is 25.7 Å². The molecule has 1 atom stereocenters. The fourth-order valence-electron chi connectivity index (χ4n) is 1.67. The molecule has 0 bridgehead atoms. The molecule has 0 fully saturated rings. The maximum absolute atomic E-state index is 9.77. The number of benzene rings is 1. The van der Waals surface area contributed by atoms with E-state index in [1.165, 1.54) is 0 Å². The van der Waals surface area contributed by atoms with Crippen LogP contribution in [0.3, 0.4) is 0 Å². The zero-order valence-electron chi connectivity index (χ0n) is 10.5. The van der Waals surface area contributed by atoms with E-state index in [-0.39, 0.29) is 6.42 Å². The van der Waals surface area contributed by atoms with Crippen LogP contribution in [0.15, 0.2) is 18.2 Å². The smallest absolute Gasteiger partial charge is 0.123 e. The molecule has 4 nitrogen and oxygen atoms in total. The van der Waals surface area contributed by atoms with Crippen LogP contribution in [0, 0.1) is 11.3 Å². The number of hydrogen-bond donors (Lipinski definition) is 1. The first kappa shape index (κ1) is 13.5. The lowest BCUT2D eigenvalue weighted by atomic mass is 10.0. The van der Waals surface area contributed by atoms with Gasteiger partial charge in [-0.05, 0) is 31.8 Å². The number of nitrogens with zero attached hydrogens (tertiary/aromatic N) is 2. The Morgan fingerprint density at radius 1 is 1.47 bits per heavy atom. The lowest BCUT2D eigenvalue weighted by molar-refractivity contribution is 0.183. The quantitative estimate of drug-likeness (QED) is 0.842. The van der Waals surface area contributed by atoms with Crippen molar-refractivity contribution in [1.29, 1.82) is 5.26 Å². The molecule has 0 aliphatic rings. The Morgan fingerprint density at radius 2 is 2.18 bits per heavy atom. The zero-order chi connectivity index (χ0) is 12.8. The lowest BCUT2D eigenvalue weighted by Gasteiger charge is -2.16. The maximum Gasteiger partial charge on any atom is 0.123 e. The molecular formula is C13H18N2O2. The van der Waals surface area contributed by atoms with Gasteiger partial charge in [-0.25, -0.2) is 0 Å². The number of methoxy groups -OCH3 is 1. The van der Waals surface area contributed by atoms with Crippen LogP contribution in [0.25, 0.3) is 0 Å². The summed E-state index contributed by atoms with van der Waals surface area (Å²) < 4.78 is 5.27. The van der Waals surface area contributed by atoms with Gasteiger partial charge >= 0.3 is 0 Å². The molecule has 1 aromatic carbocycles. The van der Waals surface area contributed by atoms with E-state index in [0.717, 1.165) is 23.4 Å². The van der Waals surface area contributed by atoms with Crippen molar-refractivity contribution >= 4 is 0 Å². The number of ether oxygens (including phenoxy) is 1. The molecule has 0 aliphatic heterocycles. The summed E-state index contributed by atoms with van der Waals surface area (Å²) in [6, 6.07) is 7.47. The minimum absolute atomic E-state index is 0.105. The van der Waals surface area contributed by atoms with E-state index in [2.05, 4.69) is 0 Å². The van der Waals surface area contributed by atoms with E-state index in [4.69, 9.17) is 10.00 Å². The predicted octanol–water partition coefficient (Wildman–Crippen LogP) is 1.70. The largest absolute Gasteiger partial charge is 0.496 e. The summed E-state index contributed by atoms with van der Waals surface area (Å²) in [5, 5.41) is 18.3. The van der Waals surface area contributed by atoms with Crippen LogP contribution in [0.2, 0.25) is 0 Å². The third-order valence-electron chi connectivity index (χ3n) is 2.46. The molecule has 0 amide bonds. The van der Waals surface area contributed by atoms with Gasteiger partial charge in [0.1, 0.15) is 5.75 Å². The third kappa shape index (κ3) is 3.74. The molecule has 1 N–H and O–H groups in total. The summed E-state index contributed by atoms with van der Waals surface area (Å²) in [6.45, 7) is 0.732. The molecule has 0 saturated heterocycles. The van der Waals surface area contributed by atoms with Crippen molar-refractivity contribution in [3.63, 3.8) is 0 Å². The lowest BCUT2D eigenvalue weighted by Crippen LogP contribution is -2.12. The molecule has 1 aromatic rings. The Hall–Kier alpha value is -1.57. The summed E-state index contributed by atoms with van der Waals surface area (Å²) in [7, 11) is 5.56. The van der Waals surface area contributed by atoms with E-state index >= 15 is 0 Å². The number of hydrogen-bond acceptors (Lipinski definition) is 4. The van der Waals surface area contributed by atoms with Crippen molar-refractivity contribution in [1.82, 2.24) is 4.90 Å². The monoisotopic (exact) mass is 234 g/mol. The number of aliphatic hydroxyl groups is 1. The molecule has 1 rings (SSSR count). The highest BCUT2D eigenvalue weighted by atomic mass is 16.5. The van der Waals surface area contributed by atoms with E-state index in [9.17, 15) is 5.11 Å². The highest BCUT2D eigenvalue weighted by Gasteiger charge is 2.11. The van der Waals surface area contributed by atoms with Gasteiger partial charge in [-0.15, -0.1) is 0 Å². The molecule has 0 heterocycles. The minimum Gasteiger partial charge on any atom is -0.496 e. The van der Waals surface area contributed by atoms with Crippen LogP contribution in [-0.4, -0.2) is 31.2 Å². The van der Waals surface area contributed by atoms with E-state index in [1.807, 2.05) is 37.2 Å². The van der Waals surface area contributed by atoms with Crippen LogP contribution in [0.5, 0.6) is 5.75 Å². The van der Waals surface area contributed by atoms with Gasteiger partial charge < -0.3 is 14.7 Å². The van der Waals surface area contributed by atoms with Gasteiger partial charge in [0.15, 0.2) is 0 Å². The molecule has 0 aliphatic carbocycles. The summed E-state index contributed by atoms with van der Waals surface area (Å²) in [5.74, 6) is 0.798. The number of rotatable bonds is 5. The van der Waals surface area contributed by atoms with Crippen molar-refractivity contribution in [2.45, 2.75) is 19.1 Å². The average molecular weight is 234 g/mol. The SMILES string of the molecule is COc1ccc(C(O)CC#N)cc1CN(C)C. The Kier molecular flexibility index (Phi) is 4.95. The summed E-state index contributed by atoms with van der Waals surface area (Å²) in [6.07, 6.45) is -0.625. The normalized spacial score (nSPS) is 12.2. The average Bonchev–Trinajstić information content (AvgIpc) is 2.28. The summed E-state index contributed by atoms with van der Waals surface area (Å²) in [4.78, 5) is 2.03. The van der Waals surface area contributed by atoms with Crippen molar-refractivity contribution < 1.29 is 9.84 Å². The first-order valence-electron chi connectivity index (χ1n) is 5.45. The highest BCUT2D eigenvalue weighted by Crippen LogP contribution is 2.25. The standard InChI is InChI=1S/C13H18N2O2/c1-15(2)9-11-8-10(12(16)6-7-14)4-5-13(11)17-3/h4-5,8,12,16H,6,9H2,1-3H3. The van der Waals surface area contributed by atoms with Gasteiger partial charge in [0, 0.05) is 12.1 Å². The third-order valence-corrected chi connectivity index (χ3v) is 2.46. The first-order chi connectivity index (χ1) is 8.08. The Balaban J connectivity index is 3.00. The maximum atomic E-state index is 9.77. The summed E-state index contributed by atoms with van der Waals surface area (Å²) in [5.41, 5.74) is 1.76. The summed E-state index contributed by atoms with van der Waals surface area (Å²) >= 11 is 0. The highest BCUT2D eigenvalue weighted by molar-refractivity contribution is 5.38. The van der Waals surface area contributed by atoms with Crippen molar-refractivity contribution in [3.8, 4) is 11.8 Å². The van der Waals surface area contributed by atoms with Gasteiger partial charge in [0.2, 0.25) is 0 Å². The fraction of sp³-hybridized carbons (Fsp3) is 0.462. The van der Waals surface area contributed by atoms with Crippen LogP contribution in [0.4, 0.5) is 0 Å². The van der Waals surface area contributed by atoms with Gasteiger partial charge in [-0.1, -0.05) is 6.07 Å². The Morgan fingerprint density at radius 3 is 2.71 bits per heavy atom. The topological polar surface area (TPSA) is 56.5 Å². The molecule has 0 spiro atoms. The first-order valence-corrected chi connectivity index (χ1v) is 5.45. The molecule has 92 valence electrons. The van der Waals surface area contributed by atoms with Gasteiger partial charge in [-0.2, -0.15) is 5.26 Å². The van der Waals surface area contributed by atoms with Crippen molar-refractivity contribution in [3.05, 3.63) is 29.3 Å². The second-order valence-electron chi connectivity index (χ2n) is 4.19. The molecule has 0 aromatic heterocycles. The second kappa shape index (κ2) is 6.24. The predicted molar refractivity (Wildman–Crippen MR) is 65.6 cm³/mol. The molecule has 0 radical (unpaired) electrons. The zero-order valence-corrected chi connectivity index (χ0v) is 10.5. The van der Waals surface area contributed by atoms with E-state index in [1.54, 1.807) is 13.2 Å². The van der Waals surface area contributed by atoms with Crippen molar-refractivity contribution in [2.24, 2.45) is 0 Å². The Bertz CT molecular complexity index is 410. The van der Waals surface area contributed by atoms with Crippen LogP contribution in [0.1, 0.15) is 23.7 Å². The van der Waals surface area contributed by atoms with Crippen LogP contribution < -0.4 is 4.74 Å². The molecule has 17 heavy (non-hydrogen) atoms. The van der Waals surface area contributed by atoms with Gasteiger partial charge in [0.25, 0.3) is 0 Å². The fourth-order valence-corrected chi connectivity index (χ4v) is 1.67. The van der Waals surface area contributed by atoms with Crippen LogP contribution in [-0.2, 0) is 6.54 Å². The minimum atomic E-state index is -0.730. The Labute approximate surface area is 102 Å². The van der Waals surface area contributed by atoms with Crippen LogP contribution >= 0.6 is 0 Å². The molecule has 0 saturated carbocycles. The number of aliphatic hydroxyl groups excluding tert-OH is 1.